The SMILES string of the molecule is CCCc1ccc(C(=O)Oc2ccc3c(c2)Cc2cc(CC(=O)c4ccc(OCC5(C)COC5)cc4)ccc2-3)cc1. The Morgan fingerprint density at radius 3 is 2.10 bits per heavy atom. The largest absolute Gasteiger partial charge is 0.493 e. The van der Waals surface area contributed by atoms with E-state index in [1.165, 1.54) is 11.1 Å². The summed E-state index contributed by atoms with van der Waals surface area (Å²) in [4.78, 5) is 25.7. The molecule has 0 bridgehead atoms. The summed E-state index contributed by atoms with van der Waals surface area (Å²) in [6.45, 7) is 6.33. The summed E-state index contributed by atoms with van der Waals surface area (Å²) in [5.74, 6) is 1.02. The molecule has 0 aromatic heterocycles. The number of esters is 1. The molecule has 1 aliphatic carbocycles. The first-order valence-corrected chi connectivity index (χ1v) is 14.3. The highest BCUT2D eigenvalue weighted by Gasteiger charge is 2.34. The summed E-state index contributed by atoms with van der Waals surface area (Å²) < 4.78 is 16.9. The smallest absolute Gasteiger partial charge is 0.343 e. The van der Waals surface area contributed by atoms with E-state index in [-0.39, 0.29) is 17.2 Å². The molecule has 4 aromatic carbocycles. The highest BCUT2D eigenvalue weighted by atomic mass is 16.5. The maximum atomic E-state index is 13.0. The van der Waals surface area contributed by atoms with E-state index in [1.54, 1.807) is 0 Å². The quantitative estimate of drug-likeness (QED) is 0.105. The first-order valence-electron chi connectivity index (χ1n) is 14.3. The molecule has 1 heterocycles. The van der Waals surface area contributed by atoms with Crippen LogP contribution in [0.5, 0.6) is 11.5 Å². The van der Waals surface area contributed by atoms with Crippen molar-refractivity contribution in [3.8, 4) is 22.6 Å². The molecule has 0 spiro atoms. The predicted octanol–water partition coefficient (Wildman–Crippen LogP) is 7.27. The Morgan fingerprint density at radius 1 is 0.780 bits per heavy atom. The number of ketones is 1. The van der Waals surface area contributed by atoms with Crippen molar-refractivity contribution in [2.75, 3.05) is 19.8 Å². The zero-order valence-electron chi connectivity index (χ0n) is 23.6. The van der Waals surface area contributed by atoms with Gasteiger partial charge >= 0.3 is 5.97 Å². The van der Waals surface area contributed by atoms with Crippen LogP contribution < -0.4 is 9.47 Å². The van der Waals surface area contributed by atoms with E-state index in [2.05, 4.69) is 26.0 Å². The zero-order valence-corrected chi connectivity index (χ0v) is 23.6. The third-order valence-electron chi connectivity index (χ3n) is 7.89. The number of ether oxygens (including phenoxy) is 3. The summed E-state index contributed by atoms with van der Waals surface area (Å²) in [5, 5.41) is 0. The van der Waals surface area contributed by atoms with Gasteiger partial charge in [-0.3, -0.25) is 4.79 Å². The molecule has 5 nitrogen and oxygen atoms in total. The summed E-state index contributed by atoms with van der Waals surface area (Å²) in [7, 11) is 0. The third-order valence-corrected chi connectivity index (χ3v) is 7.89. The van der Waals surface area contributed by atoms with Gasteiger partial charge in [-0.2, -0.15) is 0 Å². The Balaban J connectivity index is 1.07. The van der Waals surface area contributed by atoms with Gasteiger partial charge in [-0.05, 0) is 94.8 Å². The van der Waals surface area contributed by atoms with Gasteiger partial charge in [0.25, 0.3) is 0 Å². The van der Waals surface area contributed by atoms with Crippen LogP contribution in [0.25, 0.3) is 11.1 Å². The number of hydrogen-bond acceptors (Lipinski definition) is 5. The second kappa shape index (κ2) is 11.3. The predicted molar refractivity (Wildman–Crippen MR) is 159 cm³/mol. The van der Waals surface area contributed by atoms with Crippen molar-refractivity contribution in [2.24, 2.45) is 5.41 Å². The topological polar surface area (TPSA) is 61.8 Å². The molecule has 0 amide bonds. The number of fused-ring (bicyclic) bond motifs is 3. The molecule has 41 heavy (non-hydrogen) atoms. The standard InChI is InChI=1S/C36H34O5/c1-3-4-24-5-8-27(9-6-24)35(38)41-31-14-16-33-29(20-31)19-28-17-25(7-15-32(28)33)18-34(37)26-10-12-30(13-11-26)40-23-36(2)21-39-22-36/h5-17,20H,3-4,18-19,21-23H2,1-2H3. The first-order chi connectivity index (χ1) is 19.9. The van der Waals surface area contributed by atoms with Gasteiger partial charge in [0.05, 0.1) is 25.4 Å². The molecule has 0 atom stereocenters. The van der Waals surface area contributed by atoms with Gasteiger partial charge in [-0.25, -0.2) is 4.79 Å². The van der Waals surface area contributed by atoms with Crippen molar-refractivity contribution in [1.82, 2.24) is 0 Å². The summed E-state index contributed by atoms with van der Waals surface area (Å²) >= 11 is 0. The molecule has 1 fully saturated rings. The fourth-order valence-electron chi connectivity index (χ4n) is 5.49. The number of Topliss-reactive ketones (excluding diaryl/α,β-unsaturated/α-hetero) is 1. The van der Waals surface area contributed by atoms with Crippen LogP contribution in [0.2, 0.25) is 0 Å². The maximum Gasteiger partial charge on any atom is 0.343 e. The molecule has 208 valence electrons. The number of benzene rings is 4. The van der Waals surface area contributed by atoms with Crippen molar-refractivity contribution >= 4 is 11.8 Å². The monoisotopic (exact) mass is 546 g/mol. The highest BCUT2D eigenvalue weighted by Crippen LogP contribution is 2.39. The summed E-state index contributed by atoms with van der Waals surface area (Å²) in [6, 6.07) is 27.1. The lowest BCUT2D eigenvalue weighted by Crippen LogP contribution is -2.44. The molecule has 0 unspecified atom stereocenters. The van der Waals surface area contributed by atoms with Crippen LogP contribution >= 0.6 is 0 Å². The Kier molecular flexibility index (Phi) is 7.46. The Labute approximate surface area is 241 Å². The molecule has 1 saturated heterocycles. The van der Waals surface area contributed by atoms with E-state index in [1.807, 2.05) is 72.8 Å². The van der Waals surface area contributed by atoms with Crippen LogP contribution in [-0.4, -0.2) is 31.6 Å². The van der Waals surface area contributed by atoms with E-state index in [0.717, 1.165) is 60.5 Å². The minimum absolute atomic E-state index is 0.0725. The second-order valence-electron chi connectivity index (χ2n) is 11.5. The summed E-state index contributed by atoms with van der Waals surface area (Å²) in [5.41, 5.74) is 8.09. The molecule has 0 radical (unpaired) electrons. The molecule has 4 aromatic rings. The number of hydrogen-bond donors (Lipinski definition) is 0. The number of aryl methyl sites for hydroxylation is 1. The average molecular weight is 547 g/mol. The molecule has 0 N–H and O–H groups in total. The van der Waals surface area contributed by atoms with Crippen LogP contribution in [0.1, 0.15) is 63.2 Å². The molecule has 2 aliphatic rings. The molecular formula is C36H34O5. The zero-order chi connectivity index (χ0) is 28.4. The molecule has 6 rings (SSSR count). The van der Waals surface area contributed by atoms with E-state index in [4.69, 9.17) is 14.2 Å². The van der Waals surface area contributed by atoms with Crippen molar-refractivity contribution in [1.29, 1.82) is 0 Å². The van der Waals surface area contributed by atoms with Crippen LogP contribution in [0, 0.1) is 5.41 Å². The van der Waals surface area contributed by atoms with E-state index >= 15 is 0 Å². The molecule has 0 saturated carbocycles. The Hall–Kier alpha value is -4.22. The first kappa shape index (κ1) is 27.0. The van der Waals surface area contributed by atoms with Crippen LogP contribution in [0.3, 0.4) is 0 Å². The minimum Gasteiger partial charge on any atom is -0.493 e. The Morgan fingerprint density at radius 2 is 1.41 bits per heavy atom. The van der Waals surface area contributed by atoms with Crippen molar-refractivity contribution in [2.45, 2.75) is 39.5 Å². The second-order valence-corrected chi connectivity index (χ2v) is 11.5. The maximum absolute atomic E-state index is 13.0. The lowest BCUT2D eigenvalue weighted by molar-refractivity contribution is -0.120. The van der Waals surface area contributed by atoms with Crippen LogP contribution in [0.15, 0.2) is 84.9 Å². The van der Waals surface area contributed by atoms with Gasteiger partial charge in [-0.15, -0.1) is 0 Å². The fraction of sp³-hybridized carbons (Fsp3) is 0.278. The third kappa shape index (κ3) is 5.96. The Bertz CT molecular complexity index is 1580. The van der Waals surface area contributed by atoms with E-state index < -0.39 is 0 Å². The number of carbonyl (C=O) groups is 2. The number of carbonyl (C=O) groups excluding carboxylic acids is 2. The van der Waals surface area contributed by atoms with E-state index in [9.17, 15) is 9.59 Å². The van der Waals surface area contributed by atoms with Gasteiger partial charge in [0.2, 0.25) is 0 Å². The highest BCUT2D eigenvalue weighted by molar-refractivity contribution is 5.97. The van der Waals surface area contributed by atoms with Crippen LogP contribution in [0.4, 0.5) is 0 Å². The fourth-order valence-corrected chi connectivity index (χ4v) is 5.49. The van der Waals surface area contributed by atoms with Crippen molar-refractivity contribution in [3.05, 3.63) is 118 Å². The van der Waals surface area contributed by atoms with Gasteiger partial charge in [0.15, 0.2) is 5.78 Å². The van der Waals surface area contributed by atoms with Gasteiger partial charge in [0.1, 0.15) is 11.5 Å². The van der Waals surface area contributed by atoms with E-state index in [0.29, 0.717) is 29.9 Å². The van der Waals surface area contributed by atoms with Crippen molar-refractivity contribution < 1.29 is 23.8 Å². The van der Waals surface area contributed by atoms with Gasteiger partial charge in [-0.1, -0.05) is 56.7 Å². The van der Waals surface area contributed by atoms with Crippen molar-refractivity contribution in [3.63, 3.8) is 0 Å². The van der Waals surface area contributed by atoms with Crippen LogP contribution in [-0.2, 0) is 24.0 Å². The molecule has 5 heteroatoms. The lowest BCUT2D eigenvalue weighted by Gasteiger charge is -2.37. The molecular weight excluding hydrogens is 512 g/mol. The van der Waals surface area contributed by atoms with Gasteiger partial charge < -0.3 is 14.2 Å². The van der Waals surface area contributed by atoms with Gasteiger partial charge in [0, 0.05) is 17.4 Å². The molecule has 1 aliphatic heterocycles. The lowest BCUT2D eigenvalue weighted by atomic mass is 9.90. The normalized spacial score (nSPS) is 14.5. The number of rotatable bonds is 10. The minimum atomic E-state index is -0.355. The average Bonchev–Trinajstić information content (AvgIpc) is 3.32. The summed E-state index contributed by atoms with van der Waals surface area (Å²) in [6.07, 6.45) is 3.13.